The van der Waals surface area contributed by atoms with Gasteiger partial charge in [0, 0.05) is 36.0 Å². The fourth-order valence-electron chi connectivity index (χ4n) is 4.98. The Labute approximate surface area is 243 Å². The van der Waals surface area contributed by atoms with E-state index in [4.69, 9.17) is 4.74 Å². The van der Waals surface area contributed by atoms with Crippen molar-refractivity contribution in [3.05, 3.63) is 36.2 Å². The van der Waals surface area contributed by atoms with E-state index in [1.807, 2.05) is 6.20 Å². The second kappa shape index (κ2) is 22.1. The zero-order valence-electron chi connectivity index (χ0n) is 25.7. The van der Waals surface area contributed by atoms with E-state index < -0.39 is 0 Å². The molecule has 0 aliphatic carbocycles. The smallest absolute Gasteiger partial charge is 0.110 e. The Morgan fingerprint density at radius 3 is 2.03 bits per heavy atom. The van der Waals surface area contributed by atoms with Crippen LogP contribution in [-0.4, -0.2) is 37.9 Å². The fourth-order valence-corrected chi connectivity index (χ4v) is 6.06. The Balaban J connectivity index is 1.57. The molecule has 0 N–H and O–H groups in total. The van der Waals surface area contributed by atoms with Gasteiger partial charge in [0.15, 0.2) is 0 Å². The van der Waals surface area contributed by atoms with Gasteiger partial charge in [0.25, 0.3) is 0 Å². The monoisotopic (exact) mass is 551 g/mol. The van der Waals surface area contributed by atoms with Gasteiger partial charge in [0.1, 0.15) is 9.52 Å². The van der Waals surface area contributed by atoms with Crippen LogP contribution in [0.1, 0.15) is 130 Å². The summed E-state index contributed by atoms with van der Waals surface area (Å²) in [5.41, 5.74) is 3.10. The minimum absolute atomic E-state index is 0.744. The minimum atomic E-state index is 0.744. The summed E-state index contributed by atoms with van der Waals surface area (Å²) in [7, 11) is 0.744. The molecule has 0 saturated heterocycles. The molecule has 2 aromatic rings. The maximum absolute atomic E-state index is 5.75. The van der Waals surface area contributed by atoms with E-state index in [0.717, 1.165) is 76.1 Å². The lowest BCUT2D eigenvalue weighted by Gasteiger charge is -2.12. The van der Waals surface area contributed by atoms with E-state index >= 15 is 0 Å². The summed E-state index contributed by atoms with van der Waals surface area (Å²) in [6.07, 6.45) is 22.7. The second-order valence-electron chi connectivity index (χ2n) is 11.7. The number of aromatic nitrogens is 3. The summed E-state index contributed by atoms with van der Waals surface area (Å²) in [5.74, 6) is 1.67. The topological polar surface area (TPSA) is 47.9 Å². The molecule has 0 fully saturated rings. The lowest BCUT2D eigenvalue weighted by atomic mass is 9.96. The number of pyridine rings is 1. The van der Waals surface area contributed by atoms with Crippen LogP contribution in [0.3, 0.4) is 0 Å². The molecular weight excluding hydrogens is 494 g/mol. The lowest BCUT2D eigenvalue weighted by molar-refractivity contribution is 0.126. The molecule has 2 aromatic heterocycles. The molecule has 4 nitrogen and oxygen atoms in total. The number of aryl methyl sites for hydroxylation is 1. The first kappa shape index (κ1) is 33.6. The molecule has 0 saturated carbocycles. The molecule has 2 heterocycles. The van der Waals surface area contributed by atoms with E-state index in [9.17, 15) is 0 Å². The number of rotatable bonds is 24. The van der Waals surface area contributed by atoms with Gasteiger partial charge in [-0.25, -0.2) is 0 Å². The van der Waals surface area contributed by atoms with Crippen molar-refractivity contribution in [1.29, 1.82) is 0 Å². The van der Waals surface area contributed by atoms with Gasteiger partial charge in [-0.2, -0.15) is 10.2 Å². The molecule has 0 aromatic carbocycles. The van der Waals surface area contributed by atoms with Crippen LogP contribution in [0, 0.1) is 11.8 Å². The third-order valence-electron chi connectivity index (χ3n) is 7.72. The van der Waals surface area contributed by atoms with E-state index in [1.54, 1.807) is 0 Å². The number of hydrogen-bond donors (Lipinski definition) is 0. The van der Waals surface area contributed by atoms with Crippen molar-refractivity contribution in [1.82, 2.24) is 15.2 Å². The molecule has 2 atom stereocenters. The van der Waals surface area contributed by atoms with E-state index in [0.29, 0.717) is 0 Å². The molecule has 2 radical (unpaired) electrons. The van der Waals surface area contributed by atoms with Gasteiger partial charge in [-0.15, -0.1) is 0 Å². The highest BCUT2D eigenvalue weighted by Gasteiger charge is 2.08. The molecule has 0 aliphatic heterocycles. The van der Waals surface area contributed by atoms with Gasteiger partial charge in [-0.05, 0) is 61.8 Å². The second-order valence-corrected chi connectivity index (χ2v) is 13.0. The van der Waals surface area contributed by atoms with Gasteiger partial charge >= 0.3 is 0 Å². The van der Waals surface area contributed by atoms with Crippen LogP contribution in [0.4, 0.5) is 0 Å². The Morgan fingerprint density at radius 2 is 1.36 bits per heavy atom. The SMILES string of the molecule is CCCCCCOCCCCc1ccc(-c2ccc([Si]CC(C)CCCCCC(C)CCCCC)nn2)cn1. The van der Waals surface area contributed by atoms with Gasteiger partial charge < -0.3 is 4.74 Å². The Hall–Kier alpha value is -1.59. The van der Waals surface area contributed by atoms with Crippen molar-refractivity contribution in [2.75, 3.05) is 13.2 Å². The molecule has 39 heavy (non-hydrogen) atoms. The molecule has 218 valence electrons. The third kappa shape index (κ3) is 16.3. The summed E-state index contributed by atoms with van der Waals surface area (Å²) in [5, 5.41) is 10.2. The Kier molecular flexibility index (Phi) is 19.1. The van der Waals surface area contributed by atoms with Crippen molar-refractivity contribution in [2.24, 2.45) is 11.8 Å². The van der Waals surface area contributed by atoms with Crippen molar-refractivity contribution in [3.8, 4) is 11.3 Å². The first-order valence-corrected chi connectivity index (χ1v) is 17.4. The van der Waals surface area contributed by atoms with Crippen LogP contribution in [-0.2, 0) is 11.2 Å². The molecule has 5 heteroatoms. The van der Waals surface area contributed by atoms with E-state index in [1.165, 1.54) is 89.5 Å². The van der Waals surface area contributed by atoms with E-state index in [-0.39, 0.29) is 0 Å². The lowest BCUT2D eigenvalue weighted by Crippen LogP contribution is -2.21. The standard InChI is InChI=1S/C34H57N3OSi/c1-5-7-9-15-25-38-26-16-14-20-32-22-21-31(27-35-32)33-23-24-34(37-36-33)39-28-30(4)19-13-10-12-18-29(3)17-11-8-6-2/h21-24,27,29-30H,5-20,25-26,28H2,1-4H3. The van der Waals surface area contributed by atoms with Gasteiger partial charge in [-0.1, -0.05) is 111 Å². The predicted octanol–water partition coefficient (Wildman–Crippen LogP) is 9.01. The number of hydrogen-bond acceptors (Lipinski definition) is 4. The molecule has 0 amide bonds. The van der Waals surface area contributed by atoms with Crippen LogP contribution in [0.15, 0.2) is 30.5 Å². The maximum atomic E-state index is 5.75. The Morgan fingerprint density at radius 1 is 0.692 bits per heavy atom. The Bertz CT molecular complexity index is 827. The minimum Gasteiger partial charge on any atom is -0.381 e. The summed E-state index contributed by atoms with van der Waals surface area (Å²) >= 11 is 0. The van der Waals surface area contributed by atoms with Gasteiger partial charge in [0.05, 0.1) is 5.69 Å². The third-order valence-corrected chi connectivity index (χ3v) is 9.25. The number of unbranched alkanes of at least 4 members (excludes halogenated alkanes) is 8. The summed E-state index contributed by atoms with van der Waals surface area (Å²) < 4.78 is 5.75. The maximum Gasteiger partial charge on any atom is 0.110 e. The molecule has 0 spiro atoms. The van der Waals surface area contributed by atoms with Crippen LogP contribution in [0.25, 0.3) is 11.3 Å². The van der Waals surface area contributed by atoms with Crippen LogP contribution >= 0.6 is 0 Å². The predicted molar refractivity (Wildman–Crippen MR) is 169 cm³/mol. The van der Waals surface area contributed by atoms with Crippen LogP contribution in [0.2, 0.25) is 6.04 Å². The summed E-state index contributed by atoms with van der Waals surface area (Å²) in [4.78, 5) is 4.67. The van der Waals surface area contributed by atoms with Crippen molar-refractivity contribution in [3.63, 3.8) is 0 Å². The zero-order chi connectivity index (χ0) is 28.0. The largest absolute Gasteiger partial charge is 0.381 e. The molecule has 2 rings (SSSR count). The molecule has 2 unspecified atom stereocenters. The average molecular weight is 552 g/mol. The van der Waals surface area contributed by atoms with Crippen molar-refractivity contribution in [2.45, 2.75) is 136 Å². The average Bonchev–Trinajstić information content (AvgIpc) is 2.96. The number of nitrogens with zero attached hydrogens (tertiary/aromatic N) is 3. The quantitative estimate of drug-likeness (QED) is 0.0964. The van der Waals surface area contributed by atoms with Gasteiger partial charge in [-0.3, -0.25) is 4.98 Å². The fraction of sp³-hybridized carbons (Fsp3) is 0.735. The molecule has 0 aliphatic rings. The van der Waals surface area contributed by atoms with E-state index in [2.05, 4.69) is 67.1 Å². The highest BCUT2D eigenvalue weighted by atomic mass is 28.2. The molecule has 0 bridgehead atoms. The van der Waals surface area contributed by atoms with Crippen molar-refractivity contribution >= 4 is 14.8 Å². The zero-order valence-corrected chi connectivity index (χ0v) is 26.7. The normalized spacial score (nSPS) is 13.0. The highest BCUT2D eigenvalue weighted by Crippen LogP contribution is 2.19. The van der Waals surface area contributed by atoms with Crippen LogP contribution < -0.4 is 5.32 Å². The highest BCUT2D eigenvalue weighted by molar-refractivity contribution is 6.52. The summed E-state index contributed by atoms with van der Waals surface area (Å²) in [6, 6.07) is 9.75. The number of ether oxygens (including phenoxy) is 1. The first-order valence-electron chi connectivity index (χ1n) is 16.2. The first-order chi connectivity index (χ1) is 19.1. The van der Waals surface area contributed by atoms with Gasteiger partial charge in [0.2, 0.25) is 0 Å². The molecular formula is C34H57N3OSi. The van der Waals surface area contributed by atoms with Crippen LogP contribution in [0.5, 0.6) is 0 Å². The van der Waals surface area contributed by atoms with Crippen molar-refractivity contribution < 1.29 is 4.74 Å². The summed E-state index contributed by atoms with van der Waals surface area (Å²) in [6.45, 7) is 11.1.